The second kappa shape index (κ2) is 5.27. The van der Waals surface area contributed by atoms with Gasteiger partial charge in [0.15, 0.2) is 5.13 Å². The molecule has 0 atom stereocenters. The first-order chi connectivity index (χ1) is 9.22. The molecule has 0 aromatic carbocycles. The zero-order valence-corrected chi connectivity index (χ0v) is 11.7. The second-order valence-electron chi connectivity index (χ2n) is 4.42. The number of hydrogen-bond donors (Lipinski definition) is 1. The molecule has 2 heterocycles. The van der Waals surface area contributed by atoms with Crippen LogP contribution in [0.2, 0.25) is 5.15 Å². The summed E-state index contributed by atoms with van der Waals surface area (Å²) in [7, 11) is 0. The van der Waals surface area contributed by atoms with Crippen molar-refractivity contribution in [1.82, 2.24) is 9.97 Å². The van der Waals surface area contributed by atoms with Crippen molar-refractivity contribution >= 4 is 34.0 Å². The number of hydrogen-bond acceptors (Lipinski definition) is 4. The van der Waals surface area contributed by atoms with E-state index in [0.717, 1.165) is 18.5 Å². The molecule has 0 spiro atoms. The first-order valence-electron chi connectivity index (χ1n) is 6.14. The highest BCUT2D eigenvalue weighted by Crippen LogP contribution is 2.29. The largest absolute Gasteiger partial charge is 0.298 e. The fraction of sp³-hybridized carbons (Fsp3) is 0.308. The van der Waals surface area contributed by atoms with Crippen molar-refractivity contribution in [2.75, 3.05) is 5.32 Å². The highest BCUT2D eigenvalue weighted by Gasteiger charge is 2.16. The van der Waals surface area contributed by atoms with Gasteiger partial charge in [0.25, 0.3) is 5.91 Å². The molecule has 2 aromatic rings. The molecule has 0 aliphatic heterocycles. The molecule has 1 N–H and O–H groups in total. The Balaban J connectivity index is 1.77. The Bertz CT molecular complexity index is 603. The maximum atomic E-state index is 12.0. The molecule has 2 aromatic heterocycles. The summed E-state index contributed by atoms with van der Waals surface area (Å²) in [6, 6.07) is 3.18. The Kier molecular flexibility index (Phi) is 3.48. The van der Waals surface area contributed by atoms with E-state index in [4.69, 9.17) is 11.6 Å². The van der Waals surface area contributed by atoms with Gasteiger partial charge in [-0.25, -0.2) is 9.97 Å². The Hall–Kier alpha value is -1.46. The third-order valence-electron chi connectivity index (χ3n) is 3.05. The fourth-order valence-corrected chi connectivity index (χ4v) is 3.34. The van der Waals surface area contributed by atoms with Gasteiger partial charge >= 0.3 is 0 Å². The van der Waals surface area contributed by atoms with E-state index >= 15 is 0 Å². The molecule has 3 rings (SSSR count). The molecule has 0 radical (unpaired) electrons. The number of nitrogens with zero attached hydrogens (tertiary/aromatic N) is 2. The number of pyridine rings is 1. The van der Waals surface area contributed by atoms with Crippen LogP contribution in [-0.2, 0) is 12.8 Å². The minimum Gasteiger partial charge on any atom is -0.298 e. The summed E-state index contributed by atoms with van der Waals surface area (Å²) in [5, 5.41) is 3.81. The number of carbonyl (C=O) groups excluding carboxylic acids is 1. The fourth-order valence-electron chi connectivity index (χ4n) is 2.12. The molecular weight excluding hydrogens is 282 g/mol. The van der Waals surface area contributed by atoms with E-state index < -0.39 is 0 Å². The third-order valence-corrected chi connectivity index (χ3v) is 4.33. The molecule has 19 heavy (non-hydrogen) atoms. The van der Waals surface area contributed by atoms with E-state index in [1.54, 1.807) is 23.5 Å². The van der Waals surface area contributed by atoms with Crippen LogP contribution >= 0.6 is 22.9 Å². The minimum atomic E-state index is -0.199. The zero-order valence-electron chi connectivity index (χ0n) is 10.1. The molecule has 0 bridgehead atoms. The monoisotopic (exact) mass is 293 g/mol. The van der Waals surface area contributed by atoms with Gasteiger partial charge in [0, 0.05) is 16.6 Å². The van der Waals surface area contributed by atoms with Crippen molar-refractivity contribution in [3.8, 4) is 0 Å². The maximum Gasteiger partial charge on any atom is 0.257 e. The van der Waals surface area contributed by atoms with Gasteiger partial charge in [0.2, 0.25) is 0 Å². The summed E-state index contributed by atoms with van der Waals surface area (Å²) in [4.78, 5) is 21.7. The van der Waals surface area contributed by atoms with Gasteiger partial charge in [0.1, 0.15) is 5.15 Å². The summed E-state index contributed by atoms with van der Waals surface area (Å²) in [5.41, 5.74) is 1.63. The van der Waals surface area contributed by atoms with Crippen LogP contribution in [0.4, 0.5) is 5.13 Å². The van der Waals surface area contributed by atoms with E-state index in [1.165, 1.54) is 23.9 Å². The summed E-state index contributed by atoms with van der Waals surface area (Å²) < 4.78 is 0. The predicted octanol–water partition coefficient (Wildman–Crippen LogP) is 3.32. The van der Waals surface area contributed by atoms with E-state index in [2.05, 4.69) is 15.3 Å². The topological polar surface area (TPSA) is 54.9 Å². The van der Waals surface area contributed by atoms with Gasteiger partial charge < -0.3 is 0 Å². The lowest BCUT2D eigenvalue weighted by Gasteiger charge is -2.06. The number of carbonyl (C=O) groups is 1. The van der Waals surface area contributed by atoms with E-state index in [9.17, 15) is 4.79 Å². The van der Waals surface area contributed by atoms with Gasteiger partial charge in [0.05, 0.1) is 5.69 Å². The molecule has 0 saturated carbocycles. The summed E-state index contributed by atoms with van der Waals surface area (Å²) in [5.74, 6) is -0.199. The van der Waals surface area contributed by atoms with Gasteiger partial charge in [-0.3, -0.25) is 10.1 Å². The number of fused-ring (bicyclic) bond motifs is 1. The lowest BCUT2D eigenvalue weighted by atomic mass is 10.0. The zero-order chi connectivity index (χ0) is 13.2. The number of thiazole rings is 1. The Morgan fingerprint density at radius 2 is 2.21 bits per heavy atom. The van der Waals surface area contributed by atoms with E-state index in [-0.39, 0.29) is 5.91 Å². The number of rotatable bonds is 2. The number of amides is 1. The van der Waals surface area contributed by atoms with Crippen molar-refractivity contribution in [1.29, 1.82) is 0 Å². The molecule has 98 valence electrons. The minimum absolute atomic E-state index is 0.199. The molecule has 6 heteroatoms. The van der Waals surface area contributed by atoms with Gasteiger partial charge in [-0.05, 0) is 37.8 Å². The van der Waals surface area contributed by atoms with E-state index in [1.807, 2.05) is 0 Å². The van der Waals surface area contributed by atoms with Crippen molar-refractivity contribution in [3.05, 3.63) is 39.6 Å². The Morgan fingerprint density at radius 3 is 3.00 bits per heavy atom. The Morgan fingerprint density at radius 1 is 1.37 bits per heavy atom. The van der Waals surface area contributed by atoms with Crippen LogP contribution in [0, 0.1) is 0 Å². The highest BCUT2D eigenvalue weighted by atomic mass is 35.5. The lowest BCUT2D eigenvalue weighted by molar-refractivity contribution is 0.102. The molecule has 0 fully saturated rings. The Labute approximate surface area is 119 Å². The van der Waals surface area contributed by atoms with Crippen LogP contribution in [0.25, 0.3) is 0 Å². The summed E-state index contributed by atoms with van der Waals surface area (Å²) in [6.45, 7) is 0. The molecule has 1 amide bonds. The maximum absolute atomic E-state index is 12.0. The van der Waals surface area contributed by atoms with Gasteiger partial charge in [-0.1, -0.05) is 11.6 Å². The van der Waals surface area contributed by atoms with Gasteiger partial charge in [-0.2, -0.15) is 0 Å². The lowest BCUT2D eigenvalue weighted by Crippen LogP contribution is -2.11. The third kappa shape index (κ3) is 2.77. The summed E-state index contributed by atoms with van der Waals surface area (Å²) in [6.07, 6.45) is 6.00. The first-order valence-corrected chi connectivity index (χ1v) is 7.33. The summed E-state index contributed by atoms with van der Waals surface area (Å²) >= 11 is 7.34. The number of nitrogens with one attached hydrogen (secondary N) is 1. The molecule has 4 nitrogen and oxygen atoms in total. The molecule has 1 aliphatic carbocycles. The highest BCUT2D eigenvalue weighted by molar-refractivity contribution is 7.15. The number of halogens is 1. The van der Waals surface area contributed by atoms with Crippen LogP contribution < -0.4 is 5.32 Å². The van der Waals surface area contributed by atoms with Crippen LogP contribution in [0.15, 0.2) is 18.3 Å². The van der Waals surface area contributed by atoms with Crippen LogP contribution in [0.3, 0.4) is 0 Å². The molecular formula is C13H12ClN3OS. The second-order valence-corrected chi connectivity index (χ2v) is 5.89. The number of aromatic nitrogens is 2. The van der Waals surface area contributed by atoms with Crippen LogP contribution in [-0.4, -0.2) is 15.9 Å². The standard InChI is InChI=1S/C13H12ClN3OS/c14-11-7-8(5-6-15-11)12(18)17-13-16-9-3-1-2-4-10(9)19-13/h5-7H,1-4H2,(H,16,17,18). The van der Waals surface area contributed by atoms with Crippen molar-refractivity contribution in [3.63, 3.8) is 0 Å². The first kappa shape index (κ1) is 12.6. The van der Waals surface area contributed by atoms with Crippen molar-refractivity contribution in [2.24, 2.45) is 0 Å². The molecule has 0 unspecified atom stereocenters. The quantitative estimate of drug-likeness (QED) is 0.864. The van der Waals surface area contributed by atoms with Gasteiger partial charge in [-0.15, -0.1) is 11.3 Å². The van der Waals surface area contributed by atoms with E-state index in [0.29, 0.717) is 15.8 Å². The van der Waals surface area contributed by atoms with Crippen molar-refractivity contribution in [2.45, 2.75) is 25.7 Å². The normalized spacial score (nSPS) is 13.9. The molecule has 1 aliphatic rings. The van der Waals surface area contributed by atoms with Crippen LogP contribution in [0.1, 0.15) is 33.8 Å². The van der Waals surface area contributed by atoms with Crippen molar-refractivity contribution < 1.29 is 4.79 Å². The number of aryl methyl sites for hydroxylation is 2. The molecule has 0 saturated heterocycles. The smallest absolute Gasteiger partial charge is 0.257 e. The average molecular weight is 294 g/mol. The SMILES string of the molecule is O=C(Nc1nc2c(s1)CCCC2)c1ccnc(Cl)c1. The van der Waals surface area contributed by atoms with Crippen LogP contribution in [0.5, 0.6) is 0 Å². The number of anilines is 1. The average Bonchev–Trinajstić information content (AvgIpc) is 2.80. The predicted molar refractivity (Wildman–Crippen MR) is 76.0 cm³/mol.